The van der Waals surface area contributed by atoms with Gasteiger partial charge < -0.3 is 9.73 Å². The zero-order valence-electron chi connectivity index (χ0n) is 13.9. The summed E-state index contributed by atoms with van der Waals surface area (Å²) in [4.78, 5) is 16.5. The van der Waals surface area contributed by atoms with Crippen LogP contribution in [0.2, 0.25) is 0 Å². The molecule has 0 bridgehead atoms. The molecule has 0 atom stereocenters. The third-order valence-corrected chi connectivity index (χ3v) is 4.22. The highest BCUT2D eigenvalue weighted by atomic mass is 19.1. The predicted octanol–water partition coefficient (Wildman–Crippen LogP) is 3.39. The Kier molecular flexibility index (Phi) is 3.96. The molecule has 0 saturated heterocycles. The summed E-state index contributed by atoms with van der Waals surface area (Å²) < 4.78 is 21.0. The summed E-state index contributed by atoms with van der Waals surface area (Å²) in [6.07, 6.45) is 3.04. The number of furan rings is 1. The molecule has 1 N–H and O–H groups in total. The van der Waals surface area contributed by atoms with Crippen LogP contribution in [0.1, 0.15) is 21.7 Å². The monoisotopic (exact) mass is 350 g/mol. The van der Waals surface area contributed by atoms with Crippen molar-refractivity contribution in [2.24, 2.45) is 0 Å². The molecule has 0 fully saturated rings. The van der Waals surface area contributed by atoms with Gasteiger partial charge in [0.15, 0.2) is 17.2 Å². The normalized spacial score (nSPS) is 11.0. The number of aromatic nitrogens is 3. The number of hydrogen-bond donors (Lipinski definition) is 1. The van der Waals surface area contributed by atoms with Crippen LogP contribution in [0.15, 0.2) is 59.5 Å². The van der Waals surface area contributed by atoms with E-state index in [-0.39, 0.29) is 17.9 Å². The lowest BCUT2D eigenvalue weighted by atomic mass is 10.1. The number of hydrogen-bond acceptors (Lipinski definition) is 4. The Labute approximate surface area is 148 Å². The van der Waals surface area contributed by atoms with Gasteiger partial charge in [0, 0.05) is 17.5 Å². The highest BCUT2D eigenvalue weighted by Crippen LogP contribution is 2.27. The maximum Gasteiger partial charge on any atom is 0.287 e. The minimum Gasteiger partial charge on any atom is -0.448 e. The third-order valence-electron chi connectivity index (χ3n) is 4.22. The molecule has 0 radical (unpaired) electrons. The molecule has 4 rings (SSSR count). The standard InChI is InChI=1S/C19H15FN4O2/c1-12-14-6-4-7-15(20)18(14)26-17(12)19(25)22-9-13-5-2-3-8-16(13)24-11-21-10-23-24/h2-8,10-11H,9H2,1H3,(H,22,25). The van der Waals surface area contributed by atoms with Gasteiger partial charge >= 0.3 is 0 Å². The van der Waals surface area contributed by atoms with Gasteiger partial charge in [-0.25, -0.2) is 14.1 Å². The van der Waals surface area contributed by atoms with Crippen LogP contribution in [-0.2, 0) is 6.54 Å². The Morgan fingerprint density at radius 2 is 2.08 bits per heavy atom. The maximum absolute atomic E-state index is 13.9. The summed E-state index contributed by atoms with van der Waals surface area (Å²) >= 11 is 0. The molecule has 0 unspecified atom stereocenters. The number of amides is 1. The first-order chi connectivity index (χ1) is 12.6. The zero-order valence-corrected chi connectivity index (χ0v) is 13.9. The Morgan fingerprint density at radius 3 is 2.85 bits per heavy atom. The molecular weight excluding hydrogens is 335 g/mol. The van der Waals surface area contributed by atoms with Crippen LogP contribution in [0.3, 0.4) is 0 Å². The van der Waals surface area contributed by atoms with Gasteiger partial charge in [0.05, 0.1) is 5.69 Å². The van der Waals surface area contributed by atoms with Crippen LogP contribution in [0, 0.1) is 12.7 Å². The van der Waals surface area contributed by atoms with Gasteiger partial charge in [0.2, 0.25) is 0 Å². The van der Waals surface area contributed by atoms with Crippen molar-refractivity contribution in [3.8, 4) is 5.69 Å². The van der Waals surface area contributed by atoms with E-state index in [0.717, 1.165) is 11.3 Å². The number of nitrogens with zero attached hydrogens (tertiary/aromatic N) is 3. The number of benzene rings is 2. The highest BCUT2D eigenvalue weighted by Gasteiger charge is 2.19. The van der Waals surface area contributed by atoms with Gasteiger partial charge in [-0.05, 0) is 24.6 Å². The first-order valence-corrected chi connectivity index (χ1v) is 8.04. The SMILES string of the molecule is Cc1c(C(=O)NCc2ccccc2-n2cncn2)oc2c(F)cccc12. The smallest absolute Gasteiger partial charge is 0.287 e. The van der Waals surface area contributed by atoms with Crippen LogP contribution in [0.4, 0.5) is 4.39 Å². The van der Waals surface area contributed by atoms with Crippen molar-refractivity contribution in [1.82, 2.24) is 20.1 Å². The average molecular weight is 350 g/mol. The summed E-state index contributed by atoms with van der Waals surface area (Å²) in [7, 11) is 0. The van der Waals surface area contributed by atoms with E-state index < -0.39 is 11.7 Å². The molecule has 2 aromatic carbocycles. The largest absolute Gasteiger partial charge is 0.448 e. The lowest BCUT2D eigenvalue weighted by molar-refractivity contribution is 0.0924. The molecule has 4 aromatic rings. The average Bonchev–Trinajstić information content (AvgIpc) is 3.30. The maximum atomic E-state index is 13.9. The van der Waals surface area contributed by atoms with E-state index in [1.54, 1.807) is 30.1 Å². The van der Waals surface area contributed by atoms with Crippen molar-refractivity contribution in [2.45, 2.75) is 13.5 Å². The fourth-order valence-corrected chi connectivity index (χ4v) is 2.90. The second kappa shape index (κ2) is 6.44. The lowest BCUT2D eigenvalue weighted by Gasteiger charge is -2.09. The van der Waals surface area contributed by atoms with E-state index in [4.69, 9.17) is 4.42 Å². The molecule has 2 aromatic heterocycles. The highest BCUT2D eigenvalue weighted by molar-refractivity contribution is 5.99. The first kappa shape index (κ1) is 16.0. The molecule has 0 saturated carbocycles. The zero-order chi connectivity index (χ0) is 18.1. The van der Waals surface area contributed by atoms with E-state index >= 15 is 0 Å². The van der Waals surface area contributed by atoms with Crippen molar-refractivity contribution in [2.75, 3.05) is 0 Å². The van der Waals surface area contributed by atoms with Gasteiger partial charge in [0.25, 0.3) is 5.91 Å². The van der Waals surface area contributed by atoms with Crippen LogP contribution >= 0.6 is 0 Å². The molecule has 26 heavy (non-hydrogen) atoms. The molecule has 0 spiro atoms. The minimum absolute atomic E-state index is 0.0955. The number of fused-ring (bicyclic) bond motifs is 1. The van der Waals surface area contributed by atoms with E-state index in [0.29, 0.717) is 10.9 Å². The number of carbonyl (C=O) groups excluding carboxylic acids is 1. The Hall–Kier alpha value is -3.48. The van der Waals surface area contributed by atoms with Gasteiger partial charge in [0.1, 0.15) is 12.7 Å². The summed E-state index contributed by atoms with van der Waals surface area (Å²) in [6, 6.07) is 12.2. The van der Waals surface area contributed by atoms with Gasteiger partial charge in [-0.3, -0.25) is 4.79 Å². The van der Waals surface area contributed by atoms with E-state index in [9.17, 15) is 9.18 Å². The van der Waals surface area contributed by atoms with Gasteiger partial charge in [-0.1, -0.05) is 30.3 Å². The second-order valence-electron chi connectivity index (χ2n) is 5.82. The number of rotatable bonds is 4. The Balaban J connectivity index is 1.59. The van der Waals surface area contributed by atoms with Crippen LogP contribution in [-0.4, -0.2) is 20.7 Å². The van der Waals surface area contributed by atoms with Crippen molar-refractivity contribution in [3.05, 3.63) is 77.8 Å². The number of nitrogens with one attached hydrogen (secondary N) is 1. The molecule has 7 heteroatoms. The van der Waals surface area contributed by atoms with Crippen molar-refractivity contribution in [3.63, 3.8) is 0 Å². The van der Waals surface area contributed by atoms with Crippen LogP contribution in [0.25, 0.3) is 16.7 Å². The number of halogens is 1. The summed E-state index contributed by atoms with van der Waals surface area (Å²) in [6.45, 7) is 2.01. The van der Waals surface area contributed by atoms with Gasteiger partial charge in [-0.15, -0.1) is 0 Å². The molecule has 0 aliphatic carbocycles. The predicted molar refractivity (Wildman–Crippen MR) is 93.4 cm³/mol. The lowest BCUT2D eigenvalue weighted by Crippen LogP contribution is -2.23. The quantitative estimate of drug-likeness (QED) is 0.612. The molecule has 130 valence electrons. The van der Waals surface area contributed by atoms with Crippen molar-refractivity contribution >= 4 is 16.9 Å². The van der Waals surface area contributed by atoms with Crippen molar-refractivity contribution < 1.29 is 13.6 Å². The fourth-order valence-electron chi connectivity index (χ4n) is 2.90. The van der Waals surface area contributed by atoms with Crippen LogP contribution < -0.4 is 5.32 Å². The Morgan fingerprint density at radius 1 is 1.23 bits per heavy atom. The number of para-hydroxylation sites is 2. The summed E-state index contributed by atoms with van der Waals surface area (Å²) in [5.74, 6) is -0.768. The summed E-state index contributed by atoms with van der Waals surface area (Å²) in [5.41, 5.74) is 2.39. The minimum atomic E-state index is -0.485. The number of carbonyl (C=O) groups is 1. The molecule has 1 amide bonds. The molecule has 2 heterocycles. The first-order valence-electron chi connectivity index (χ1n) is 8.04. The molecule has 6 nitrogen and oxygen atoms in total. The Bertz CT molecular complexity index is 1090. The van der Waals surface area contributed by atoms with Crippen molar-refractivity contribution in [1.29, 1.82) is 0 Å². The van der Waals surface area contributed by atoms with Crippen LogP contribution in [0.5, 0.6) is 0 Å². The number of aryl methyl sites for hydroxylation is 1. The third kappa shape index (κ3) is 2.73. The van der Waals surface area contributed by atoms with E-state index in [1.807, 2.05) is 24.3 Å². The van der Waals surface area contributed by atoms with E-state index in [2.05, 4.69) is 15.4 Å². The molecular formula is C19H15FN4O2. The van der Waals surface area contributed by atoms with Gasteiger partial charge in [-0.2, -0.15) is 5.10 Å². The molecule has 0 aliphatic rings. The topological polar surface area (TPSA) is 73.0 Å². The fraction of sp³-hybridized carbons (Fsp3) is 0.105. The molecule has 0 aliphatic heterocycles. The van der Waals surface area contributed by atoms with E-state index in [1.165, 1.54) is 12.4 Å². The summed E-state index contributed by atoms with van der Waals surface area (Å²) in [5, 5.41) is 7.54. The second-order valence-corrected chi connectivity index (χ2v) is 5.82.